The molecular formula is C15H13ClF2O. The van der Waals surface area contributed by atoms with E-state index in [-0.39, 0.29) is 12.0 Å². The second-order valence-corrected chi connectivity index (χ2v) is 5.17. The molecule has 0 spiro atoms. The first-order valence-corrected chi connectivity index (χ1v) is 6.18. The first-order valence-electron chi connectivity index (χ1n) is 5.80. The zero-order valence-corrected chi connectivity index (χ0v) is 11.1. The molecular weight excluding hydrogens is 270 g/mol. The van der Waals surface area contributed by atoms with Crippen LogP contribution < -0.4 is 0 Å². The Morgan fingerprint density at radius 3 is 2.11 bits per heavy atom. The Hall–Kier alpha value is -1.45. The van der Waals surface area contributed by atoms with Gasteiger partial charge in [-0.15, -0.1) is 0 Å². The van der Waals surface area contributed by atoms with Crippen LogP contribution in [0.1, 0.15) is 18.1 Å². The van der Waals surface area contributed by atoms with Crippen molar-refractivity contribution in [2.75, 3.05) is 0 Å². The van der Waals surface area contributed by atoms with Gasteiger partial charge in [0.1, 0.15) is 11.6 Å². The van der Waals surface area contributed by atoms with Crippen molar-refractivity contribution >= 4 is 11.6 Å². The lowest BCUT2D eigenvalue weighted by Crippen LogP contribution is -2.24. The Labute approximate surface area is 115 Å². The highest BCUT2D eigenvalue weighted by molar-refractivity contribution is 6.30. The van der Waals surface area contributed by atoms with Crippen LogP contribution in [0.3, 0.4) is 0 Å². The van der Waals surface area contributed by atoms with Gasteiger partial charge < -0.3 is 5.11 Å². The van der Waals surface area contributed by atoms with Gasteiger partial charge >= 0.3 is 0 Å². The zero-order valence-electron chi connectivity index (χ0n) is 10.3. The number of hydrogen-bond donors (Lipinski definition) is 1. The topological polar surface area (TPSA) is 20.2 Å². The van der Waals surface area contributed by atoms with E-state index in [1.807, 2.05) is 0 Å². The molecule has 2 rings (SSSR count). The average molecular weight is 283 g/mol. The predicted molar refractivity (Wildman–Crippen MR) is 71.1 cm³/mol. The first kappa shape index (κ1) is 14.0. The molecule has 0 aliphatic carbocycles. The monoisotopic (exact) mass is 282 g/mol. The molecule has 19 heavy (non-hydrogen) atoms. The second-order valence-electron chi connectivity index (χ2n) is 4.74. The molecule has 0 fully saturated rings. The van der Waals surface area contributed by atoms with Gasteiger partial charge in [-0.3, -0.25) is 0 Å². The van der Waals surface area contributed by atoms with Gasteiger partial charge in [0.05, 0.1) is 5.60 Å². The third-order valence-corrected chi connectivity index (χ3v) is 3.20. The second kappa shape index (κ2) is 5.27. The van der Waals surface area contributed by atoms with Crippen molar-refractivity contribution in [1.29, 1.82) is 0 Å². The number of rotatable bonds is 3. The summed E-state index contributed by atoms with van der Waals surface area (Å²) >= 11 is 5.78. The Morgan fingerprint density at radius 1 is 1.05 bits per heavy atom. The van der Waals surface area contributed by atoms with Gasteiger partial charge in [-0.1, -0.05) is 23.7 Å². The normalized spacial score (nSPS) is 14.2. The van der Waals surface area contributed by atoms with E-state index >= 15 is 0 Å². The fourth-order valence-corrected chi connectivity index (χ4v) is 2.09. The molecule has 0 aliphatic rings. The molecule has 0 amide bonds. The number of hydrogen-bond acceptors (Lipinski definition) is 1. The Morgan fingerprint density at radius 2 is 1.58 bits per heavy atom. The molecule has 1 unspecified atom stereocenters. The maximum absolute atomic E-state index is 13.2. The van der Waals surface area contributed by atoms with Gasteiger partial charge in [0.2, 0.25) is 0 Å². The van der Waals surface area contributed by atoms with E-state index in [0.717, 1.165) is 23.8 Å². The van der Waals surface area contributed by atoms with E-state index < -0.39 is 17.2 Å². The van der Waals surface area contributed by atoms with Crippen LogP contribution in [0.25, 0.3) is 0 Å². The van der Waals surface area contributed by atoms with Crippen LogP contribution in [0.2, 0.25) is 5.02 Å². The minimum Gasteiger partial charge on any atom is -0.385 e. The molecule has 0 bridgehead atoms. The van der Waals surface area contributed by atoms with Crippen LogP contribution in [-0.2, 0) is 12.0 Å². The van der Waals surface area contributed by atoms with Crippen LogP contribution in [0.5, 0.6) is 0 Å². The summed E-state index contributed by atoms with van der Waals surface area (Å²) in [5.41, 5.74) is -0.310. The number of halogens is 3. The molecule has 0 radical (unpaired) electrons. The van der Waals surface area contributed by atoms with Crippen molar-refractivity contribution in [2.45, 2.75) is 18.9 Å². The largest absolute Gasteiger partial charge is 0.385 e. The molecule has 0 aromatic heterocycles. The van der Waals surface area contributed by atoms with Crippen LogP contribution in [0.4, 0.5) is 8.78 Å². The van der Waals surface area contributed by atoms with E-state index in [1.165, 1.54) is 6.92 Å². The van der Waals surface area contributed by atoms with Gasteiger partial charge in [0, 0.05) is 17.5 Å². The maximum Gasteiger partial charge on any atom is 0.126 e. The first-order chi connectivity index (χ1) is 8.87. The highest BCUT2D eigenvalue weighted by Gasteiger charge is 2.24. The van der Waals surface area contributed by atoms with Crippen molar-refractivity contribution in [1.82, 2.24) is 0 Å². The lowest BCUT2D eigenvalue weighted by atomic mass is 9.89. The lowest BCUT2D eigenvalue weighted by Gasteiger charge is -2.24. The summed E-state index contributed by atoms with van der Waals surface area (Å²) in [5, 5.41) is 11.0. The molecule has 0 heterocycles. The van der Waals surface area contributed by atoms with Crippen molar-refractivity contribution < 1.29 is 13.9 Å². The maximum atomic E-state index is 13.2. The summed E-state index contributed by atoms with van der Waals surface area (Å²) in [6.45, 7) is 1.52. The molecule has 2 aromatic carbocycles. The molecule has 1 nitrogen and oxygen atoms in total. The number of benzene rings is 2. The van der Waals surface area contributed by atoms with Crippen molar-refractivity contribution in [3.63, 3.8) is 0 Å². The summed E-state index contributed by atoms with van der Waals surface area (Å²) in [6, 6.07) is 10.0. The molecule has 0 aliphatic heterocycles. The van der Waals surface area contributed by atoms with Crippen molar-refractivity contribution in [2.24, 2.45) is 0 Å². The van der Waals surface area contributed by atoms with Gasteiger partial charge in [0.25, 0.3) is 0 Å². The predicted octanol–water partition coefficient (Wildman–Crippen LogP) is 4.07. The van der Waals surface area contributed by atoms with Gasteiger partial charge in [-0.05, 0) is 42.3 Å². The standard InChI is InChI=1S/C15H13ClF2O/c1-15(19,9-10-2-4-12(16)5-3-10)11-6-13(17)8-14(18)7-11/h2-8,19H,9H2,1H3. The van der Waals surface area contributed by atoms with Crippen LogP contribution in [-0.4, -0.2) is 5.11 Å². The highest BCUT2D eigenvalue weighted by Crippen LogP contribution is 2.27. The molecule has 4 heteroatoms. The molecule has 1 atom stereocenters. The summed E-state index contributed by atoms with van der Waals surface area (Å²) in [5.74, 6) is -1.40. The molecule has 1 N–H and O–H groups in total. The lowest BCUT2D eigenvalue weighted by molar-refractivity contribution is 0.0569. The summed E-state index contributed by atoms with van der Waals surface area (Å²) in [6.07, 6.45) is 0.243. The molecule has 0 saturated carbocycles. The van der Waals surface area contributed by atoms with E-state index in [1.54, 1.807) is 24.3 Å². The van der Waals surface area contributed by atoms with Gasteiger partial charge in [-0.25, -0.2) is 8.78 Å². The third-order valence-electron chi connectivity index (χ3n) is 2.95. The Bertz CT molecular complexity index is 559. The van der Waals surface area contributed by atoms with Crippen LogP contribution in [0, 0.1) is 11.6 Å². The fourth-order valence-electron chi connectivity index (χ4n) is 1.97. The Kier molecular flexibility index (Phi) is 3.88. The number of aliphatic hydroxyl groups is 1. The quantitative estimate of drug-likeness (QED) is 0.900. The molecule has 100 valence electrons. The molecule has 0 saturated heterocycles. The Balaban J connectivity index is 2.28. The summed E-state index contributed by atoms with van der Waals surface area (Å²) < 4.78 is 26.4. The summed E-state index contributed by atoms with van der Waals surface area (Å²) in [7, 11) is 0. The third kappa shape index (κ3) is 3.52. The zero-order chi connectivity index (χ0) is 14.0. The van der Waals surface area contributed by atoms with Gasteiger partial charge in [-0.2, -0.15) is 0 Å². The SMILES string of the molecule is CC(O)(Cc1ccc(Cl)cc1)c1cc(F)cc(F)c1. The average Bonchev–Trinajstić information content (AvgIpc) is 2.31. The van der Waals surface area contributed by atoms with Gasteiger partial charge in [0.15, 0.2) is 0 Å². The summed E-state index contributed by atoms with van der Waals surface area (Å²) in [4.78, 5) is 0. The minimum atomic E-state index is -1.35. The van der Waals surface area contributed by atoms with E-state index in [9.17, 15) is 13.9 Å². The van der Waals surface area contributed by atoms with Crippen LogP contribution in [0.15, 0.2) is 42.5 Å². The van der Waals surface area contributed by atoms with Crippen molar-refractivity contribution in [3.05, 3.63) is 70.2 Å². The highest BCUT2D eigenvalue weighted by atomic mass is 35.5. The molecule has 2 aromatic rings. The van der Waals surface area contributed by atoms with E-state index in [4.69, 9.17) is 11.6 Å². The fraction of sp³-hybridized carbons (Fsp3) is 0.200. The van der Waals surface area contributed by atoms with E-state index in [2.05, 4.69) is 0 Å². The van der Waals surface area contributed by atoms with Crippen LogP contribution >= 0.6 is 11.6 Å². The van der Waals surface area contributed by atoms with E-state index in [0.29, 0.717) is 5.02 Å². The smallest absolute Gasteiger partial charge is 0.126 e. The van der Waals surface area contributed by atoms with Crippen molar-refractivity contribution in [3.8, 4) is 0 Å². The minimum absolute atomic E-state index is 0.208.